The van der Waals surface area contributed by atoms with Crippen LogP contribution in [0.5, 0.6) is 0 Å². The molecule has 1 aromatic heterocycles. The van der Waals surface area contributed by atoms with Crippen LogP contribution in [-0.4, -0.2) is 47.8 Å². The average Bonchev–Trinajstić information content (AvgIpc) is 2.40. The number of aromatic nitrogens is 2. The number of nitrogens with one attached hydrogen (secondary N) is 1. The fourth-order valence-electron chi connectivity index (χ4n) is 2.01. The van der Waals surface area contributed by atoms with Crippen molar-refractivity contribution in [3.05, 3.63) is 33.1 Å². The number of hydrogen-bond acceptors (Lipinski definition) is 4. The Kier molecular flexibility index (Phi) is 7.25. The van der Waals surface area contributed by atoms with Gasteiger partial charge < -0.3 is 14.8 Å². The molecule has 1 rings (SSSR count). The van der Waals surface area contributed by atoms with Crippen LogP contribution in [0.2, 0.25) is 0 Å². The minimum Gasteiger partial charge on any atom is -0.315 e. The molecule has 0 atom stereocenters. The van der Waals surface area contributed by atoms with Crippen molar-refractivity contribution in [1.82, 2.24) is 19.4 Å². The fraction of sp³-hybridized carbons (Fsp3) is 0.714. The summed E-state index contributed by atoms with van der Waals surface area (Å²) in [6.07, 6.45) is 3.51. The second kappa shape index (κ2) is 8.71. The molecule has 20 heavy (non-hydrogen) atoms. The van der Waals surface area contributed by atoms with E-state index < -0.39 is 0 Å². The summed E-state index contributed by atoms with van der Waals surface area (Å²) in [4.78, 5) is 25.9. The van der Waals surface area contributed by atoms with Gasteiger partial charge in [-0.2, -0.15) is 0 Å². The van der Waals surface area contributed by atoms with E-state index in [0.29, 0.717) is 19.6 Å². The summed E-state index contributed by atoms with van der Waals surface area (Å²) < 4.78 is 2.89. The van der Waals surface area contributed by atoms with E-state index in [1.807, 2.05) is 21.0 Å². The molecule has 0 spiro atoms. The minimum atomic E-state index is -0.225. The summed E-state index contributed by atoms with van der Waals surface area (Å²) >= 11 is 0. The maximum absolute atomic E-state index is 12.1. The maximum atomic E-state index is 12.1. The smallest absolute Gasteiger partial charge is 0.315 e. The Balaban J connectivity index is 2.49. The van der Waals surface area contributed by atoms with Crippen molar-refractivity contribution in [2.45, 2.75) is 32.9 Å². The molecule has 0 aromatic carbocycles. The van der Waals surface area contributed by atoms with Gasteiger partial charge in [-0.05, 0) is 40.0 Å². The van der Waals surface area contributed by atoms with Gasteiger partial charge in [0.2, 0.25) is 0 Å². The first-order valence-electron chi connectivity index (χ1n) is 7.22. The van der Waals surface area contributed by atoms with E-state index in [9.17, 15) is 9.59 Å². The Morgan fingerprint density at radius 1 is 1.20 bits per heavy atom. The molecular weight excluding hydrogens is 256 g/mol. The van der Waals surface area contributed by atoms with E-state index in [1.54, 1.807) is 10.8 Å². The molecule has 1 aromatic rings. The molecule has 0 saturated carbocycles. The lowest BCUT2D eigenvalue weighted by atomic mass is 10.4. The van der Waals surface area contributed by atoms with Gasteiger partial charge in [0.25, 0.3) is 5.56 Å². The van der Waals surface area contributed by atoms with E-state index >= 15 is 0 Å². The Hall–Kier alpha value is -1.40. The molecule has 0 aliphatic heterocycles. The number of rotatable bonds is 9. The molecule has 0 fully saturated rings. The third-order valence-electron chi connectivity index (χ3n) is 3.08. The molecule has 1 N–H and O–H groups in total. The molecule has 0 unspecified atom stereocenters. The lowest BCUT2D eigenvalue weighted by Gasteiger charge is -2.11. The van der Waals surface area contributed by atoms with Gasteiger partial charge in [0, 0.05) is 31.9 Å². The molecule has 0 aliphatic rings. The first-order chi connectivity index (χ1) is 9.56. The van der Waals surface area contributed by atoms with Crippen LogP contribution >= 0.6 is 0 Å². The van der Waals surface area contributed by atoms with Gasteiger partial charge in [-0.25, -0.2) is 4.79 Å². The Labute approximate surface area is 120 Å². The summed E-state index contributed by atoms with van der Waals surface area (Å²) in [5.74, 6) is 0. The average molecular weight is 282 g/mol. The first kappa shape index (κ1) is 16.7. The lowest BCUT2D eigenvalue weighted by Crippen LogP contribution is -2.41. The molecule has 0 bridgehead atoms. The minimum absolute atomic E-state index is 0.213. The van der Waals surface area contributed by atoms with Crippen LogP contribution in [-0.2, 0) is 13.1 Å². The number of nitrogens with zero attached hydrogens (tertiary/aromatic N) is 3. The number of hydrogen-bond donors (Lipinski definition) is 1. The summed E-state index contributed by atoms with van der Waals surface area (Å²) in [5.41, 5.74) is -0.438. The Bertz CT molecular complexity index is 505. The zero-order valence-corrected chi connectivity index (χ0v) is 12.8. The topological polar surface area (TPSA) is 59.3 Å². The Morgan fingerprint density at radius 2 is 1.95 bits per heavy atom. The van der Waals surface area contributed by atoms with Gasteiger partial charge in [-0.3, -0.25) is 9.36 Å². The van der Waals surface area contributed by atoms with Gasteiger partial charge in [0.05, 0.1) is 0 Å². The highest BCUT2D eigenvalue weighted by atomic mass is 16.2. The monoisotopic (exact) mass is 282 g/mol. The molecule has 1 heterocycles. The zero-order chi connectivity index (χ0) is 15.0. The third kappa shape index (κ3) is 5.30. The van der Waals surface area contributed by atoms with E-state index in [2.05, 4.69) is 10.2 Å². The maximum Gasteiger partial charge on any atom is 0.331 e. The largest absolute Gasteiger partial charge is 0.331 e. The van der Waals surface area contributed by atoms with Crippen molar-refractivity contribution in [2.24, 2.45) is 0 Å². The van der Waals surface area contributed by atoms with Gasteiger partial charge in [0.1, 0.15) is 0 Å². The van der Waals surface area contributed by atoms with Crippen molar-refractivity contribution in [2.75, 3.05) is 33.7 Å². The van der Waals surface area contributed by atoms with Gasteiger partial charge in [-0.1, -0.05) is 6.92 Å². The second-order valence-electron chi connectivity index (χ2n) is 5.19. The highest BCUT2D eigenvalue weighted by Crippen LogP contribution is 1.84. The predicted octanol–water partition coefficient (Wildman–Crippen LogP) is -0.0387. The van der Waals surface area contributed by atoms with Crippen molar-refractivity contribution in [3.63, 3.8) is 0 Å². The zero-order valence-electron chi connectivity index (χ0n) is 12.8. The highest BCUT2D eigenvalue weighted by molar-refractivity contribution is 4.86. The molecule has 0 aliphatic carbocycles. The SMILES string of the molecule is CCCn1ccc(=O)n(CCNCCCN(C)C)c1=O. The first-order valence-corrected chi connectivity index (χ1v) is 7.22. The number of aryl methyl sites for hydroxylation is 1. The van der Waals surface area contributed by atoms with Gasteiger partial charge in [-0.15, -0.1) is 0 Å². The van der Waals surface area contributed by atoms with Crippen LogP contribution in [0.25, 0.3) is 0 Å². The van der Waals surface area contributed by atoms with E-state index in [-0.39, 0.29) is 11.2 Å². The van der Waals surface area contributed by atoms with Crippen molar-refractivity contribution < 1.29 is 0 Å². The van der Waals surface area contributed by atoms with Crippen LogP contribution in [0.1, 0.15) is 19.8 Å². The van der Waals surface area contributed by atoms with E-state index in [0.717, 1.165) is 25.9 Å². The molecule has 0 radical (unpaired) electrons. The van der Waals surface area contributed by atoms with Crippen molar-refractivity contribution in [3.8, 4) is 0 Å². The normalized spacial score (nSPS) is 11.2. The van der Waals surface area contributed by atoms with Crippen LogP contribution in [0.3, 0.4) is 0 Å². The van der Waals surface area contributed by atoms with Crippen molar-refractivity contribution in [1.29, 1.82) is 0 Å². The Morgan fingerprint density at radius 3 is 2.60 bits per heavy atom. The standard InChI is InChI=1S/C14H26N4O2/c1-4-9-17-11-6-13(19)18(14(17)20)12-8-15-7-5-10-16(2)3/h6,11,15H,4-5,7-10,12H2,1-3H3. The molecule has 6 nitrogen and oxygen atoms in total. The summed E-state index contributed by atoms with van der Waals surface area (Å²) in [6.45, 7) is 5.64. The van der Waals surface area contributed by atoms with E-state index in [4.69, 9.17) is 0 Å². The molecule has 114 valence electrons. The van der Waals surface area contributed by atoms with Gasteiger partial charge >= 0.3 is 5.69 Å². The fourth-order valence-corrected chi connectivity index (χ4v) is 2.01. The van der Waals surface area contributed by atoms with Crippen LogP contribution < -0.4 is 16.6 Å². The van der Waals surface area contributed by atoms with Gasteiger partial charge in [0.15, 0.2) is 0 Å². The second-order valence-corrected chi connectivity index (χ2v) is 5.19. The van der Waals surface area contributed by atoms with Crippen LogP contribution in [0, 0.1) is 0 Å². The van der Waals surface area contributed by atoms with Crippen LogP contribution in [0.4, 0.5) is 0 Å². The highest BCUT2D eigenvalue weighted by Gasteiger charge is 2.04. The third-order valence-corrected chi connectivity index (χ3v) is 3.08. The summed E-state index contributed by atoms with van der Waals surface area (Å²) in [7, 11) is 4.08. The molecule has 0 saturated heterocycles. The lowest BCUT2D eigenvalue weighted by molar-refractivity contribution is 0.392. The van der Waals surface area contributed by atoms with Crippen LogP contribution in [0.15, 0.2) is 21.9 Å². The van der Waals surface area contributed by atoms with Crippen molar-refractivity contribution >= 4 is 0 Å². The predicted molar refractivity (Wildman–Crippen MR) is 81.3 cm³/mol. The quantitative estimate of drug-likeness (QED) is 0.646. The van der Waals surface area contributed by atoms with E-state index in [1.165, 1.54) is 10.6 Å². The molecular formula is C14H26N4O2. The summed E-state index contributed by atoms with van der Waals surface area (Å²) in [5, 5.41) is 3.26. The summed E-state index contributed by atoms with van der Waals surface area (Å²) in [6, 6.07) is 1.46. The molecule has 0 amide bonds. The molecule has 6 heteroatoms.